The van der Waals surface area contributed by atoms with E-state index in [1.165, 1.54) is 36.4 Å². The summed E-state index contributed by atoms with van der Waals surface area (Å²) in [5.41, 5.74) is 2.27. The van der Waals surface area contributed by atoms with Crippen molar-refractivity contribution < 1.29 is 26.7 Å². The molecule has 0 saturated carbocycles. The number of rotatable bonds is 8. The van der Waals surface area contributed by atoms with E-state index in [0.717, 1.165) is 49.4 Å². The van der Waals surface area contributed by atoms with Crippen LogP contribution in [-0.4, -0.2) is 59.1 Å². The molecule has 5 rings (SSSR count). The molecule has 0 unspecified atom stereocenters. The number of piperazine rings is 1. The van der Waals surface area contributed by atoms with Gasteiger partial charge in [0.05, 0.1) is 11.6 Å². The molecule has 41 heavy (non-hydrogen) atoms. The van der Waals surface area contributed by atoms with Crippen molar-refractivity contribution in [1.29, 1.82) is 0 Å². The lowest BCUT2D eigenvalue weighted by molar-refractivity contribution is -0.137. The minimum Gasteiger partial charge on any atom is -0.476 e. The van der Waals surface area contributed by atoms with Gasteiger partial charge in [-0.1, -0.05) is 36.4 Å². The Labute approximate surface area is 235 Å². The molecule has 10 heteroatoms. The quantitative estimate of drug-likeness (QED) is 0.226. The van der Waals surface area contributed by atoms with Crippen LogP contribution in [0.2, 0.25) is 0 Å². The molecule has 0 spiro atoms. The first-order chi connectivity index (χ1) is 19.7. The average Bonchev–Trinajstić information content (AvgIpc) is 2.95. The number of hydrogen-bond donors (Lipinski definition) is 0. The SMILES string of the molecule is Cc1cc(OCCN2CCN(C(c3ccc(F)cc3)c3ccc(F)cc3)CC2)nc(-c2ccc(C(F)(F)F)cc2)n1. The fourth-order valence-electron chi connectivity index (χ4n) is 4.98. The van der Waals surface area contributed by atoms with Crippen LogP contribution in [-0.2, 0) is 6.18 Å². The Morgan fingerprint density at radius 1 is 0.780 bits per heavy atom. The topological polar surface area (TPSA) is 41.5 Å². The van der Waals surface area contributed by atoms with Crippen LogP contribution in [0.15, 0.2) is 78.9 Å². The maximum Gasteiger partial charge on any atom is 0.416 e. The maximum absolute atomic E-state index is 13.6. The van der Waals surface area contributed by atoms with Crippen LogP contribution in [0, 0.1) is 18.6 Å². The zero-order valence-corrected chi connectivity index (χ0v) is 22.4. The molecular formula is C31H29F5N4O. The Morgan fingerprint density at radius 3 is 1.88 bits per heavy atom. The van der Waals surface area contributed by atoms with Crippen LogP contribution in [0.25, 0.3) is 11.4 Å². The fraction of sp³-hybridized carbons (Fsp3) is 0.290. The molecule has 4 aromatic rings. The van der Waals surface area contributed by atoms with Gasteiger partial charge in [-0.05, 0) is 54.4 Å². The normalized spacial score (nSPS) is 14.9. The minimum absolute atomic E-state index is 0.123. The summed E-state index contributed by atoms with van der Waals surface area (Å²) in [6, 6.07) is 19.2. The Balaban J connectivity index is 1.18. The van der Waals surface area contributed by atoms with Gasteiger partial charge in [-0.2, -0.15) is 18.2 Å². The number of hydrogen-bond acceptors (Lipinski definition) is 5. The summed E-state index contributed by atoms with van der Waals surface area (Å²) in [4.78, 5) is 13.3. The standard InChI is InChI=1S/C31H29F5N4O/c1-21-20-28(38-30(37-21)24-2-8-25(9-3-24)31(34,35)36)41-19-18-39-14-16-40(17-15-39)29(22-4-10-26(32)11-5-22)23-6-12-27(33)13-7-23/h2-13,20,29H,14-19H2,1H3. The third kappa shape index (κ3) is 7.25. The van der Waals surface area contributed by atoms with Gasteiger partial charge in [-0.25, -0.2) is 13.8 Å². The molecule has 214 valence electrons. The zero-order chi connectivity index (χ0) is 29.0. The van der Waals surface area contributed by atoms with E-state index in [0.29, 0.717) is 36.1 Å². The van der Waals surface area contributed by atoms with E-state index in [1.807, 2.05) is 0 Å². The van der Waals surface area contributed by atoms with Crippen molar-refractivity contribution in [3.63, 3.8) is 0 Å². The smallest absolute Gasteiger partial charge is 0.416 e. The summed E-state index contributed by atoms with van der Waals surface area (Å²) in [5, 5.41) is 0. The second-order valence-electron chi connectivity index (χ2n) is 9.98. The van der Waals surface area contributed by atoms with Gasteiger partial charge in [0.25, 0.3) is 0 Å². The molecule has 0 bridgehead atoms. The van der Waals surface area contributed by atoms with Crippen molar-refractivity contribution in [3.05, 3.63) is 113 Å². The molecule has 5 nitrogen and oxygen atoms in total. The molecule has 0 N–H and O–H groups in total. The molecule has 2 heterocycles. The molecule has 3 aromatic carbocycles. The van der Waals surface area contributed by atoms with Gasteiger partial charge in [0.1, 0.15) is 18.2 Å². The van der Waals surface area contributed by atoms with Crippen LogP contribution in [0.3, 0.4) is 0 Å². The summed E-state index contributed by atoms with van der Waals surface area (Å²) in [6.07, 6.45) is -4.41. The highest BCUT2D eigenvalue weighted by Gasteiger charge is 2.30. The number of halogens is 5. The molecule has 0 aliphatic carbocycles. The third-order valence-corrected chi connectivity index (χ3v) is 7.10. The van der Waals surface area contributed by atoms with E-state index >= 15 is 0 Å². The molecule has 0 atom stereocenters. The van der Waals surface area contributed by atoms with E-state index in [4.69, 9.17) is 4.74 Å². The van der Waals surface area contributed by atoms with Crippen LogP contribution >= 0.6 is 0 Å². The number of alkyl halides is 3. The van der Waals surface area contributed by atoms with Gasteiger partial charge < -0.3 is 4.74 Å². The predicted octanol–water partition coefficient (Wildman–Crippen LogP) is 6.54. The molecule has 1 aliphatic rings. The van der Waals surface area contributed by atoms with E-state index in [-0.39, 0.29) is 17.7 Å². The highest BCUT2D eigenvalue weighted by molar-refractivity contribution is 5.56. The van der Waals surface area contributed by atoms with Crippen LogP contribution in [0.5, 0.6) is 5.88 Å². The van der Waals surface area contributed by atoms with Crippen LogP contribution < -0.4 is 4.74 Å². The molecular weight excluding hydrogens is 539 g/mol. The van der Waals surface area contributed by atoms with E-state index < -0.39 is 11.7 Å². The highest BCUT2D eigenvalue weighted by Crippen LogP contribution is 2.31. The Hall–Kier alpha value is -3.89. The zero-order valence-electron chi connectivity index (χ0n) is 22.4. The summed E-state index contributed by atoms with van der Waals surface area (Å²) >= 11 is 0. The first-order valence-electron chi connectivity index (χ1n) is 13.3. The molecule has 1 fully saturated rings. The van der Waals surface area contributed by atoms with Crippen molar-refractivity contribution >= 4 is 0 Å². The average molecular weight is 569 g/mol. The van der Waals surface area contributed by atoms with Crippen molar-refractivity contribution in [2.45, 2.75) is 19.1 Å². The van der Waals surface area contributed by atoms with Crippen molar-refractivity contribution in [3.8, 4) is 17.3 Å². The van der Waals surface area contributed by atoms with Gasteiger partial charge in [-0.3, -0.25) is 9.80 Å². The predicted molar refractivity (Wildman–Crippen MR) is 145 cm³/mol. The molecule has 1 saturated heterocycles. The molecule has 0 radical (unpaired) electrons. The largest absolute Gasteiger partial charge is 0.476 e. The first kappa shape index (κ1) is 28.6. The molecule has 1 aliphatic heterocycles. The van der Waals surface area contributed by atoms with Crippen molar-refractivity contribution in [1.82, 2.24) is 19.8 Å². The number of aryl methyl sites for hydroxylation is 1. The van der Waals surface area contributed by atoms with Crippen LogP contribution in [0.4, 0.5) is 22.0 Å². The lowest BCUT2D eigenvalue weighted by atomic mass is 9.96. The third-order valence-electron chi connectivity index (χ3n) is 7.10. The van der Waals surface area contributed by atoms with Gasteiger partial charge in [0.15, 0.2) is 5.82 Å². The van der Waals surface area contributed by atoms with Crippen molar-refractivity contribution in [2.24, 2.45) is 0 Å². The summed E-state index contributed by atoms with van der Waals surface area (Å²) in [7, 11) is 0. The Bertz CT molecular complexity index is 1390. The van der Waals surface area contributed by atoms with Gasteiger partial charge in [0.2, 0.25) is 5.88 Å². The summed E-state index contributed by atoms with van der Waals surface area (Å²) in [5.74, 6) is 0.0530. The monoisotopic (exact) mass is 568 g/mol. The summed E-state index contributed by atoms with van der Waals surface area (Å²) in [6.45, 7) is 5.88. The maximum atomic E-state index is 13.6. The first-order valence-corrected chi connectivity index (χ1v) is 13.3. The van der Waals surface area contributed by atoms with Gasteiger partial charge in [-0.15, -0.1) is 0 Å². The van der Waals surface area contributed by atoms with Gasteiger partial charge >= 0.3 is 6.18 Å². The van der Waals surface area contributed by atoms with E-state index in [9.17, 15) is 22.0 Å². The number of ether oxygens (including phenoxy) is 1. The second-order valence-corrected chi connectivity index (χ2v) is 9.98. The van der Waals surface area contributed by atoms with Crippen molar-refractivity contribution in [2.75, 3.05) is 39.3 Å². The van der Waals surface area contributed by atoms with Gasteiger partial charge in [0, 0.05) is 50.0 Å². The molecule has 1 aromatic heterocycles. The highest BCUT2D eigenvalue weighted by atomic mass is 19.4. The second kappa shape index (κ2) is 12.3. The van der Waals surface area contributed by atoms with E-state index in [2.05, 4.69) is 19.8 Å². The van der Waals surface area contributed by atoms with Crippen LogP contribution in [0.1, 0.15) is 28.4 Å². The summed E-state index contributed by atoms with van der Waals surface area (Å²) < 4.78 is 71.8. The fourth-order valence-corrected chi connectivity index (χ4v) is 4.98. The lowest BCUT2D eigenvalue weighted by Gasteiger charge is -2.39. The molecule has 0 amide bonds. The number of aromatic nitrogens is 2. The Kier molecular flexibility index (Phi) is 8.60. The van der Waals surface area contributed by atoms with E-state index in [1.54, 1.807) is 37.3 Å². The minimum atomic E-state index is -4.41. The Morgan fingerprint density at radius 2 is 1.34 bits per heavy atom. The number of benzene rings is 3. The number of nitrogens with zero attached hydrogens (tertiary/aromatic N) is 4. The lowest BCUT2D eigenvalue weighted by Crippen LogP contribution is -2.48.